The van der Waals surface area contributed by atoms with Crippen LogP contribution in [-0.4, -0.2) is 20.3 Å². The van der Waals surface area contributed by atoms with E-state index in [-0.39, 0.29) is 11.5 Å². The fourth-order valence-electron chi connectivity index (χ4n) is 2.64. The molecular weight excluding hydrogens is 214 g/mol. The van der Waals surface area contributed by atoms with E-state index in [1.54, 1.807) is 14.2 Å². The standard InChI is InChI=1S/C14H21NO2/c1-9-5-6-11(16-3)12(13(9)17-4)14(7-8-14)10(2)15/h5-6,10H,7-8,15H2,1-4H3. The molecule has 1 aromatic rings. The van der Waals surface area contributed by atoms with E-state index in [9.17, 15) is 0 Å². The number of hydrogen-bond donors (Lipinski definition) is 1. The van der Waals surface area contributed by atoms with Crippen molar-refractivity contribution in [3.05, 3.63) is 23.3 Å². The van der Waals surface area contributed by atoms with Gasteiger partial charge in [0.15, 0.2) is 0 Å². The fourth-order valence-corrected chi connectivity index (χ4v) is 2.64. The molecule has 1 aliphatic carbocycles. The number of ether oxygens (including phenoxy) is 2. The van der Waals surface area contributed by atoms with Crippen LogP contribution in [0.4, 0.5) is 0 Å². The highest BCUT2D eigenvalue weighted by molar-refractivity contribution is 5.56. The summed E-state index contributed by atoms with van der Waals surface area (Å²) in [5.74, 6) is 1.82. The van der Waals surface area contributed by atoms with E-state index in [2.05, 4.69) is 13.8 Å². The van der Waals surface area contributed by atoms with Gasteiger partial charge in [0, 0.05) is 17.0 Å². The molecule has 0 saturated heterocycles. The van der Waals surface area contributed by atoms with Crippen LogP contribution in [0.25, 0.3) is 0 Å². The Morgan fingerprint density at radius 3 is 2.29 bits per heavy atom. The Hall–Kier alpha value is -1.22. The van der Waals surface area contributed by atoms with Crippen molar-refractivity contribution in [3.63, 3.8) is 0 Å². The summed E-state index contributed by atoms with van der Waals surface area (Å²) in [5.41, 5.74) is 8.48. The van der Waals surface area contributed by atoms with Gasteiger partial charge in [-0.25, -0.2) is 0 Å². The van der Waals surface area contributed by atoms with Crippen molar-refractivity contribution in [1.82, 2.24) is 0 Å². The van der Waals surface area contributed by atoms with E-state index in [0.29, 0.717) is 0 Å². The second kappa shape index (κ2) is 4.22. The van der Waals surface area contributed by atoms with Crippen LogP contribution in [-0.2, 0) is 5.41 Å². The van der Waals surface area contributed by atoms with Crippen LogP contribution in [0, 0.1) is 6.92 Å². The molecular formula is C14H21NO2. The molecule has 0 aromatic heterocycles. The van der Waals surface area contributed by atoms with Crippen LogP contribution in [0.1, 0.15) is 30.9 Å². The molecule has 17 heavy (non-hydrogen) atoms. The van der Waals surface area contributed by atoms with Crippen LogP contribution in [0.2, 0.25) is 0 Å². The molecule has 1 saturated carbocycles. The maximum absolute atomic E-state index is 6.15. The van der Waals surface area contributed by atoms with Gasteiger partial charge in [-0.2, -0.15) is 0 Å². The molecule has 0 bridgehead atoms. The lowest BCUT2D eigenvalue weighted by molar-refractivity contribution is 0.367. The third kappa shape index (κ3) is 1.78. The van der Waals surface area contributed by atoms with Gasteiger partial charge < -0.3 is 15.2 Å². The van der Waals surface area contributed by atoms with Gasteiger partial charge in [-0.1, -0.05) is 6.07 Å². The summed E-state index contributed by atoms with van der Waals surface area (Å²) >= 11 is 0. The number of hydrogen-bond acceptors (Lipinski definition) is 3. The van der Waals surface area contributed by atoms with Crippen LogP contribution in [0.15, 0.2) is 12.1 Å². The van der Waals surface area contributed by atoms with Gasteiger partial charge in [0.1, 0.15) is 11.5 Å². The lowest BCUT2D eigenvalue weighted by Crippen LogP contribution is -2.32. The Kier molecular flexibility index (Phi) is 3.04. The van der Waals surface area contributed by atoms with E-state index in [1.165, 1.54) is 0 Å². The van der Waals surface area contributed by atoms with Gasteiger partial charge >= 0.3 is 0 Å². The molecule has 0 heterocycles. The quantitative estimate of drug-likeness (QED) is 0.871. The summed E-state index contributed by atoms with van der Waals surface area (Å²) in [6.07, 6.45) is 2.22. The Morgan fingerprint density at radius 1 is 1.24 bits per heavy atom. The number of methoxy groups -OCH3 is 2. The molecule has 0 amide bonds. The lowest BCUT2D eigenvalue weighted by atomic mass is 9.86. The van der Waals surface area contributed by atoms with Crippen molar-refractivity contribution in [2.75, 3.05) is 14.2 Å². The third-order valence-corrected chi connectivity index (χ3v) is 3.90. The summed E-state index contributed by atoms with van der Waals surface area (Å²) in [6, 6.07) is 4.15. The second-order valence-corrected chi connectivity index (χ2v) is 4.94. The minimum Gasteiger partial charge on any atom is -0.496 e. The van der Waals surface area contributed by atoms with Crippen LogP contribution in [0.5, 0.6) is 11.5 Å². The Morgan fingerprint density at radius 2 is 1.88 bits per heavy atom. The van der Waals surface area contributed by atoms with Gasteiger partial charge in [0.2, 0.25) is 0 Å². The van der Waals surface area contributed by atoms with E-state index >= 15 is 0 Å². The molecule has 1 fully saturated rings. The number of nitrogens with two attached hydrogens (primary N) is 1. The van der Waals surface area contributed by atoms with E-state index in [1.807, 2.05) is 12.1 Å². The van der Waals surface area contributed by atoms with Crippen molar-refractivity contribution in [1.29, 1.82) is 0 Å². The largest absolute Gasteiger partial charge is 0.496 e. The van der Waals surface area contributed by atoms with E-state index in [4.69, 9.17) is 15.2 Å². The smallest absolute Gasteiger partial charge is 0.129 e. The summed E-state index contributed by atoms with van der Waals surface area (Å²) in [4.78, 5) is 0. The molecule has 0 aliphatic heterocycles. The summed E-state index contributed by atoms with van der Waals surface area (Å²) < 4.78 is 11.0. The number of aryl methyl sites for hydroxylation is 1. The first-order valence-electron chi connectivity index (χ1n) is 6.04. The SMILES string of the molecule is COc1ccc(C)c(OC)c1C1(C(C)N)CC1. The number of benzene rings is 1. The fraction of sp³-hybridized carbons (Fsp3) is 0.571. The molecule has 94 valence electrons. The van der Waals surface area contributed by atoms with Crippen LogP contribution < -0.4 is 15.2 Å². The predicted molar refractivity (Wildman–Crippen MR) is 68.8 cm³/mol. The second-order valence-electron chi connectivity index (χ2n) is 4.94. The third-order valence-electron chi connectivity index (χ3n) is 3.90. The normalized spacial score (nSPS) is 18.6. The number of rotatable bonds is 4. The predicted octanol–water partition coefficient (Wildman–Crippen LogP) is 2.39. The molecule has 1 atom stereocenters. The average molecular weight is 235 g/mol. The topological polar surface area (TPSA) is 44.5 Å². The molecule has 1 unspecified atom stereocenters. The highest BCUT2D eigenvalue weighted by Gasteiger charge is 2.51. The maximum Gasteiger partial charge on any atom is 0.129 e. The van der Waals surface area contributed by atoms with Crippen molar-refractivity contribution >= 4 is 0 Å². The molecule has 1 aliphatic rings. The zero-order valence-electron chi connectivity index (χ0n) is 11.0. The zero-order valence-corrected chi connectivity index (χ0v) is 11.0. The summed E-state index contributed by atoms with van der Waals surface area (Å²) in [5, 5.41) is 0. The minimum absolute atomic E-state index is 0.0444. The molecule has 2 rings (SSSR count). The van der Waals surface area contributed by atoms with Gasteiger partial charge in [0.05, 0.1) is 14.2 Å². The Bertz CT molecular complexity index is 422. The average Bonchev–Trinajstić information content (AvgIpc) is 3.09. The van der Waals surface area contributed by atoms with E-state index < -0.39 is 0 Å². The molecule has 0 radical (unpaired) electrons. The van der Waals surface area contributed by atoms with Crippen molar-refractivity contribution in [3.8, 4) is 11.5 Å². The highest BCUT2D eigenvalue weighted by Crippen LogP contribution is 2.56. The van der Waals surface area contributed by atoms with Gasteiger partial charge in [-0.05, 0) is 38.3 Å². The minimum atomic E-state index is 0.0444. The molecule has 3 nitrogen and oxygen atoms in total. The molecule has 0 spiro atoms. The molecule has 1 aromatic carbocycles. The zero-order chi connectivity index (χ0) is 12.6. The highest BCUT2D eigenvalue weighted by atomic mass is 16.5. The van der Waals surface area contributed by atoms with Crippen LogP contribution in [0.3, 0.4) is 0 Å². The van der Waals surface area contributed by atoms with Crippen LogP contribution >= 0.6 is 0 Å². The molecule has 3 heteroatoms. The van der Waals surface area contributed by atoms with Gasteiger partial charge in [-0.15, -0.1) is 0 Å². The Labute approximate surface area is 103 Å². The van der Waals surface area contributed by atoms with Crippen molar-refractivity contribution in [2.24, 2.45) is 5.73 Å². The maximum atomic E-state index is 6.15. The summed E-state index contributed by atoms with van der Waals surface area (Å²) in [7, 11) is 3.41. The lowest BCUT2D eigenvalue weighted by Gasteiger charge is -2.25. The molecule has 2 N–H and O–H groups in total. The first-order chi connectivity index (χ1) is 8.06. The first-order valence-corrected chi connectivity index (χ1v) is 6.04. The monoisotopic (exact) mass is 235 g/mol. The van der Waals surface area contributed by atoms with E-state index in [0.717, 1.165) is 35.5 Å². The summed E-state index contributed by atoms with van der Waals surface area (Å²) in [6.45, 7) is 4.12. The Balaban J connectivity index is 2.61. The van der Waals surface area contributed by atoms with Gasteiger partial charge in [0.25, 0.3) is 0 Å². The van der Waals surface area contributed by atoms with Crippen molar-refractivity contribution < 1.29 is 9.47 Å². The first kappa shape index (κ1) is 12.2. The van der Waals surface area contributed by atoms with Gasteiger partial charge in [-0.3, -0.25) is 0 Å². The van der Waals surface area contributed by atoms with Crippen molar-refractivity contribution in [2.45, 2.75) is 38.1 Å².